The van der Waals surface area contributed by atoms with Crippen LogP contribution in [0.4, 0.5) is 4.39 Å². The van der Waals surface area contributed by atoms with Gasteiger partial charge in [0.2, 0.25) is 5.43 Å². The van der Waals surface area contributed by atoms with Gasteiger partial charge >= 0.3 is 0 Å². The third-order valence-corrected chi connectivity index (χ3v) is 4.91. The summed E-state index contributed by atoms with van der Waals surface area (Å²) >= 11 is 0. The van der Waals surface area contributed by atoms with Crippen molar-refractivity contribution in [1.29, 1.82) is 0 Å². The fourth-order valence-electron chi connectivity index (χ4n) is 3.41. The summed E-state index contributed by atoms with van der Waals surface area (Å²) in [6.45, 7) is 2.47. The van der Waals surface area contributed by atoms with E-state index in [1.165, 1.54) is 22.9 Å². The fraction of sp³-hybridized carbons (Fsp3) is 0.227. The van der Waals surface area contributed by atoms with Gasteiger partial charge in [0.15, 0.2) is 5.69 Å². The van der Waals surface area contributed by atoms with Crippen LogP contribution in [0.1, 0.15) is 21.7 Å². The molecule has 1 atom stereocenters. The molecule has 29 heavy (non-hydrogen) atoms. The number of carbonyl (C=O) groups excluding carboxylic acids is 1. The number of carbonyl (C=O) groups is 1. The number of aryl methyl sites for hydroxylation is 1. The van der Waals surface area contributed by atoms with Gasteiger partial charge in [-0.2, -0.15) is 5.10 Å². The second-order valence-corrected chi connectivity index (χ2v) is 7.06. The molecule has 4 rings (SSSR count). The first-order valence-corrected chi connectivity index (χ1v) is 9.37. The van der Waals surface area contributed by atoms with E-state index >= 15 is 0 Å². The number of benzene rings is 2. The Morgan fingerprint density at radius 2 is 2.00 bits per heavy atom. The van der Waals surface area contributed by atoms with Gasteiger partial charge in [0.05, 0.1) is 6.61 Å². The number of hydrogen-bond donors (Lipinski definition) is 1. The average molecular weight is 393 g/mol. The molecule has 1 amide bonds. The summed E-state index contributed by atoms with van der Waals surface area (Å²) < 4.78 is 21.1. The molecule has 1 aromatic heterocycles. The lowest BCUT2D eigenvalue weighted by molar-refractivity contribution is 0.0931. The molecule has 0 saturated heterocycles. The summed E-state index contributed by atoms with van der Waals surface area (Å²) in [5, 5.41) is 6.89. The van der Waals surface area contributed by atoms with Crippen LogP contribution in [0.25, 0.3) is 5.69 Å². The Balaban J connectivity index is 1.51. The highest BCUT2D eigenvalue weighted by atomic mass is 19.1. The van der Waals surface area contributed by atoms with Crippen LogP contribution in [0.3, 0.4) is 0 Å². The minimum absolute atomic E-state index is 0.0908. The number of ether oxygens (including phenoxy) is 1. The van der Waals surface area contributed by atoms with Crippen molar-refractivity contribution in [2.24, 2.45) is 5.92 Å². The maximum Gasteiger partial charge on any atom is 0.275 e. The minimum Gasteiger partial charge on any atom is -0.493 e. The maximum atomic E-state index is 14.1. The van der Waals surface area contributed by atoms with Gasteiger partial charge in [-0.05, 0) is 37.1 Å². The van der Waals surface area contributed by atoms with Gasteiger partial charge in [0, 0.05) is 24.2 Å². The van der Waals surface area contributed by atoms with Gasteiger partial charge in [-0.1, -0.05) is 30.3 Å². The molecule has 0 aliphatic carbocycles. The highest BCUT2D eigenvalue weighted by molar-refractivity contribution is 5.92. The SMILES string of the molecule is Cc1cc(=O)c(C(=O)NCC2COc3ccccc3C2)nn1-c1ccccc1F. The molecule has 0 radical (unpaired) electrons. The molecule has 1 aliphatic heterocycles. The second-order valence-electron chi connectivity index (χ2n) is 7.06. The van der Waals surface area contributed by atoms with Crippen LogP contribution in [-0.2, 0) is 6.42 Å². The Kier molecular flexibility index (Phi) is 5.12. The molecule has 3 aromatic rings. The molecule has 2 aromatic carbocycles. The molecule has 1 N–H and O–H groups in total. The first kappa shape index (κ1) is 18.9. The average Bonchev–Trinajstić information content (AvgIpc) is 2.73. The molecule has 2 heterocycles. The van der Waals surface area contributed by atoms with Crippen molar-refractivity contribution >= 4 is 5.91 Å². The van der Waals surface area contributed by atoms with Crippen LogP contribution >= 0.6 is 0 Å². The number of halogens is 1. The van der Waals surface area contributed by atoms with Crippen molar-refractivity contribution < 1.29 is 13.9 Å². The second kappa shape index (κ2) is 7.87. The van der Waals surface area contributed by atoms with Gasteiger partial charge in [0.1, 0.15) is 17.3 Å². The summed E-state index contributed by atoms with van der Waals surface area (Å²) in [5.41, 5.74) is 0.937. The van der Waals surface area contributed by atoms with Crippen LogP contribution in [0.2, 0.25) is 0 Å². The Bertz CT molecular complexity index is 1130. The molecule has 6 nitrogen and oxygen atoms in total. The molecule has 7 heteroatoms. The quantitative estimate of drug-likeness (QED) is 0.740. The van der Waals surface area contributed by atoms with Crippen molar-refractivity contribution in [2.75, 3.05) is 13.2 Å². The number of amides is 1. The van der Waals surface area contributed by atoms with E-state index in [0.29, 0.717) is 18.8 Å². The number of para-hydroxylation sites is 2. The van der Waals surface area contributed by atoms with Gasteiger partial charge < -0.3 is 10.1 Å². The summed E-state index contributed by atoms with van der Waals surface area (Å²) in [7, 11) is 0. The number of rotatable bonds is 4. The van der Waals surface area contributed by atoms with E-state index in [2.05, 4.69) is 10.4 Å². The molecule has 0 spiro atoms. The zero-order valence-electron chi connectivity index (χ0n) is 15.9. The Morgan fingerprint density at radius 1 is 1.24 bits per heavy atom. The molecule has 1 aliphatic rings. The fourth-order valence-corrected chi connectivity index (χ4v) is 3.41. The van der Waals surface area contributed by atoms with E-state index in [-0.39, 0.29) is 17.3 Å². The molecule has 0 bridgehead atoms. The van der Waals surface area contributed by atoms with Crippen LogP contribution < -0.4 is 15.5 Å². The van der Waals surface area contributed by atoms with E-state index in [1.807, 2.05) is 24.3 Å². The summed E-state index contributed by atoms with van der Waals surface area (Å²) in [4.78, 5) is 24.9. The highest BCUT2D eigenvalue weighted by Crippen LogP contribution is 2.26. The lowest BCUT2D eigenvalue weighted by Gasteiger charge is -2.25. The summed E-state index contributed by atoms with van der Waals surface area (Å²) in [6.07, 6.45) is 0.775. The number of aromatic nitrogens is 2. The number of hydrogen-bond acceptors (Lipinski definition) is 4. The molecular formula is C22H20FN3O3. The lowest BCUT2D eigenvalue weighted by Crippen LogP contribution is -2.38. The summed E-state index contributed by atoms with van der Waals surface area (Å²) in [6, 6.07) is 15.1. The van der Waals surface area contributed by atoms with Gasteiger partial charge in [-0.25, -0.2) is 9.07 Å². The normalized spacial score (nSPS) is 15.3. The van der Waals surface area contributed by atoms with Crippen LogP contribution in [0.5, 0.6) is 5.75 Å². The molecule has 0 saturated carbocycles. The van der Waals surface area contributed by atoms with E-state index in [1.54, 1.807) is 19.1 Å². The van der Waals surface area contributed by atoms with Crippen molar-refractivity contribution in [3.8, 4) is 11.4 Å². The van der Waals surface area contributed by atoms with E-state index < -0.39 is 17.2 Å². The molecule has 1 unspecified atom stereocenters. The first-order chi connectivity index (χ1) is 14.0. The van der Waals surface area contributed by atoms with Crippen LogP contribution in [0.15, 0.2) is 59.4 Å². The standard InChI is InChI=1S/C22H20FN3O3/c1-14-10-19(27)21(25-26(14)18-8-4-3-7-17(18)23)22(28)24-12-15-11-16-6-2-5-9-20(16)29-13-15/h2-10,15H,11-13H2,1H3,(H,24,28). The zero-order valence-corrected chi connectivity index (χ0v) is 15.9. The van der Waals surface area contributed by atoms with Crippen molar-refractivity contribution in [3.05, 3.63) is 87.6 Å². The predicted molar refractivity (Wildman–Crippen MR) is 106 cm³/mol. The van der Waals surface area contributed by atoms with Gasteiger partial charge in [0.25, 0.3) is 5.91 Å². The van der Waals surface area contributed by atoms with Crippen molar-refractivity contribution in [2.45, 2.75) is 13.3 Å². The Morgan fingerprint density at radius 3 is 2.83 bits per heavy atom. The van der Waals surface area contributed by atoms with Crippen LogP contribution in [-0.4, -0.2) is 28.8 Å². The number of fused-ring (bicyclic) bond motifs is 1. The highest BCUT2D eigenvalue weighted by Gasteiger charge is 2.22. The van der Waals surface area contributed by atoms with Gasteiger partial charge in [-0.3, -0.25) is 9.59 Å². The third-order valence-electron chi connectivity index (χ3n) is 4.91. The summed E-state index contributed by atoms with van der Waals surface area (Å²) in [5.74, 6) is -0.119. The van der Waals surface area contributed by atoms with E-state index in [0.717, 1.165) is 17.7 Å². The predicted octanol–water partition coefficient (Wildman–Crippen LogP) is 2.66. The number of nitrogens with zero attached hydrogens (tertiary/aromatic N) is 2. The van der Waals surface area contributed by atoms with Crippen molar-refractivity contribution in [3.63, 3.8) is 0 Å². The van der Waals surface area contributed by atoms with E-state index in [9.17, 15) is 14.0 Å². The molecule has 0 fully saturated rings. The maximum absolute atomic E-state index is 14.1. The molecule has 148 valence electrons. The first-order valence-electron chi connectivity index (χ1n) is 9.37. The van der Waals surface area contributed by atoms with Gasteiger partial charge in [-0.15, -0.1) is 0 Å². The van der Waals surface area contributed by atoms with Crippen molar-refractivity contribution in [1.82, 2.24) is 15.1 Å². The van der Waals surface area contributed by atoms with E-state index in [4.69, 9.17) is 4.74 Å². The number of nitrogens with one attached hydrogen (secondary N) is 1. The topological polar surface area (TPSA) is 73.2 Å². The third kappa shape index (κ3) is 3.89. The lowest BCUT2D eigenvalue weighted by atomic mass is 9.97. The van der Waals surface area contributed by atoms with Crippen LogP contribution in [0, 0.1) is 18.7 Å². The monoisotopic (exact) mass is 393 g/mol. The molecular weight excluding hydrogens is 373 g/mol. The minimum atomic E-state index is -0.584. The smallest absolute Gasteiger partial charge is 0.275 e. The zero-order chi connectivity index (χ0) is 20.4. The Hall–Kier alpha value is -3.48. The Labute approximate surface area is 166 Å². The largest absolute Gasteiger partial charge is 0.493 e.